The van der Waals surface area contributed by atoms with Crippen LogP contribution in [0.5, 0.6) is 0 Å². The summed E-state index contributed by atoms with van der Waals surface area (Å²) in [4.78, 5) is 17.2. The van der Waals surface area contributed by atoms with Crippen LogP contribution < -0.4 is 5.32 Å². The number of rotatable bonds is 3. The molecule has 0 unspecified atom stereocenters. The topological polar surface area (TPSA) is 46.9 Å². The molecular formula is C23H19N3O. The van der Waals surface area contributed by atoms with Crippen LogP contribution in [0.25, 0.3) is 22.4 Å². The van der Waals surface area contributed by atoms with E-state index in [1.165, 1.54) is 11.1 Å². The van der Waals surface area contributed by atoms with Gasteiger partial charge in [-0.15, -0.1) is 0 Å². The van der Waals surface area contributed by atoms with Gasteiger partial charge in [0.1, 0.15) is 5.82 Å². The van der Waals surface area contributed by atoms with Crippen molar-refractivity contribution in [2.75, 3.05) is 6.54 Å². The molecule has 1 aliphatic heterocycles. The van der Waals surface area contributed by atoms with Crippen molar-refractivity contribution in [3.8, 4) is 11.4 Å². The number of para-hydroxylation sites is 1. The lowest BCUT2D eigenvalue weighted by Gasteiger charge is -2.09. The van der Waals surface area contributed by atoms with Gasteiger partial charge >= 0.3 is 0 Å². The number of carbonyl (C=O) groups is 1. The molecule has 0 radical (unpaired) electrons. The monoisotopic (exact) mass is 353 g/mol. The smallest absolute Gasteiger partial charge is 0.253 e. The van der Waals surface area contributed by atoms with E-state index in [2.05, 4.69) is 58.4 Å². The molecular weight excluding hydrogens is 334 g/mol. The Labute approximate surface area is 157 Å². The van der Waals surface area contributed by atoms with Crippen molar-refractivity contribution in [1.29, 1.82) is 0 Å². The molecule has 3 aromatic carbocycles. The molecule has 0 saturated heterocycles. The summed E-state index contributed by atoms with van der Waals surface area (Å²) < 4.78 is 2.17. The number of hydrogen-bond donors (Lipinski definition) is 1. The maximum atomic E-state index is 12.3. The van der Waals surface area contributed by atoms with Crippen LogP contribution in [-0.4, -0.2) is 22.0 Å². The van der Waals surface area contributed by atoms with E-state index in [0.717, 1.165) is 35.4 Å². The van der Waals surface area contributed by atoms with Crippen LogP contribution in [0.3, 0.4) is 0 Å². The van der Waals surface area contributed by atoms with E-state index < -0.39 is 0 Å². The lowest BCUT2D eigenvalue weighted by Crippen LogP contribution is -2.24. The minimum Gasteiger partial charge on any atom is -0.350 e. The summed E-state index contributed by atoms with van der Waals surface area (Å²) in [6.07, 6.45) is 0.889. The van der Waals surface area contributed by atoms with Crippen LogP contribution in [0, 0.1) is 0 Å². The maximum absolute atomic E-state index is 12.3. The quantitative estimate of drug-likeness (QED) is 0.604. The Kier molecular flexibility index (Phi) is 3.75. The highest BCUT2D eigenvalue weighted by Gasteiger charge is 2.21. The van der Waals surface area contributed by atoms with E-state index in [-0.39, 0.29) is 5.91 Å². The van der Waals surface area contributed by atoms with E-state index in [1.54, 1.807) is 0 Å². The molecule has 4 nitrogen and oxygen atoms in total. The first-order chi connectivity index (χ1) is 13.3. The molecule has 0 spiro atoms. The number of hydrogen-bond acceptors (Lipinski definition) is 2. The average molecular weight is 353 g/mol. The largest absolute Gasteiger partial charge is 0.350 e. The van der Waals surface area contributed by atoms with Crippen LogP contribution in [0.2, 0.25) is 0 Å². The van der Waals surface area contributed by atoms with Gasteiger partial charge in [0.15, 0.2) is 0 Å². The van der Waals surface area contributed by atoms with E-state index in [4.69, 9.17) is 4.98 Å². The summed E-state index contributed by atoms with van der Waals surface area (Å²) >= 11 is 0. The van der Waals surface area contributed by atoms with Gasteiger partial charge in [-0.25, -0.2) is 4.98 Å². The third kappa shape index (κ3) is 2.79. The van der Waals surface area contributed by atoms with Crippen molar-refractivity contribution in [2.24, 2.45) is 0 Å². The number of aromatic nitrogens is 2. The lowest BCUT2D eigenvalue weighted by atomic mass is 10.0. The van der Waals surface area contributed by atoms with Crippen molar-refractivity contribution in [1.82, 2.24) is 14.9 Å². The third-order valence-electron chi connectivity index (χ3n) is 5.07. The zero-order valence-electron chi connectivity index (χ0n) is 14.9. The molecule has 0 fully saturated rings. The number of nitrogens with one attached hydrogen (secondary N) is 1. The average Bonchev–Trinajstić information content (AvgIpc) is 2.98. The molecule has 0 bridgehead atoms. The highest BCUT2D eigenvalue weighted by Crippen LogP contribution is 2.29. The van der Waals surface area contributed by atoms with Crippen LogP contribution in [0.1, 0.15) is 21.5 Å². The van der Waals surface area contributed by atoms with Crippen LogP contribution in [0.4, 0.5) is 0 Å². The molecule has 0 aliphatic carbocycles. The van der Waals surface area contributed by atoms with E-state index in [1.807, 2.05) is 24.3 Å². The van der Waals surface area contributed by atoms with Crippen LogP contribution in [0.15, 0.2) is 72.8 Å². The summed E-state index contributed by atoms with van der Waals surface area (Å²) in [6, 6.07) is 24.8. The molecule has 1 aromatic heterocycles. The van der Waals surface area contributed by atoms with Gasteiger partial charge in [0, 0.05) is 18.7 Å². The molecule has 27 heavy (non-hydrogen) atoms. The molecule has 1 N–H and O–H groups in total. The maximum Gasteiger partial charge on any atom is 0.253 e. The summed E-state index contributed by atoms with van der Waals surface area (Å²) in [5.41, 5.74) is 6.12. The Hall–Kier alpha value is -3.40. The van der Waals surface area contributed by atoms with Crippen molar-refractivity contribution in [3.05, 3.63) is 89.5 Å². The number of imidazole rings is 1. The van der Waals surface area contributed by atoms with Crippen molar-refractivity contribution >= 4 is 16.9 Å². The Morgan fingerprint density at radius 1 is 0.926 bits per heavy atom. The number of nitrogens with zero attached hydrogens (tertiary/aromatic N) is 2. The Morgan fingerprint density at radius 2 is 1.74 bits per heavy atom. The Bertz CT molecular complexity index is 1140. The molecule has 4 aromatic rings. The van der Waals surface area contributed by atoms with Gasteiger partial charge < -0.3 is 9.88 Å². The van der Waals surface area contributed by atoms with Crippen LogP contribution in [-0.2, 0) is 13.0 Å². The SMILES string of the molecule is O=C1NCCn2c(-c3cccc(Cc4ccccc4)c3)nc3cccc1c32. The molecule has 1 amide bonds. The molecule has 4 heteroatoms. The minimum absolute atomic E-state index is 0.0244. The molecule has 0 saturated carbocycles. The van der Waals surface area contributed by atoms with E-state index >= 15 is 0 Å². The third-order valence-corrected chi connectivity index (χ3v) is 5.07. The highest BCUT2D eigenvalue weighted by molar-refractivity contribution is 6.06. The van der Waals surface area contributed by atoms with Gasteiger partial charge in [-0.05, 0) is 35.7 Å². The fourth-order valence-electron chi connectivity index (χ4n) is 3.84. The number of amides is 1. The van der Waals surface area contributed by atoms with E-state index in [9.17, 15) is 4.79 Å². The van der Waals surface area contributed by atoms with E-state index in [0.29, 0.717) is 12.1 Å². The lowest BCUT2D eigenvalue weighted by molar-refractivity contribution is 0.0956. The normalized spacial score (nSPS) is 13.4. The second-order valence-electron chi connectivity index (χ2n) is 6.88. The summed E-state index contributed by atoms with van der Waals surface area (Å²) in [6.45, 7) is 1.33. The van der Waals surface area contributed by atoms with Crippen molar-refractivity contribution in [3.63, 3.8) is 0 Å². The van der Waals surface area contributed by atoms with Gasteiger partial charge in [-0.2, -0.15) is 0 Å². The second-order valence-corrected chi connectivity index (χ2v) is 6.88. The predicted octanol–water partition coefficient (Wildman–Crippen LogP) is 4.04. The number of carbonyl (C=O) groups excluding carboxylic acids is 1. The molecule has 2 heterocycles. The molecule has 132 valence electrons. The first-order valence-electron chi connectivity index (χ1n) is 9.20. The van der Waals surface area contributed by atoms with Gasteiger partial charge in [0.25, 0.3) is 5.91 Å². The van der Waals surface area contributed by atoms with Gasteiger partial charge in [-0.3, -0.25) is 4.79 Å². The predicted molar refractivity (Wildman–Crippen MR) is 107 cm³/mol. The second kappa shape index (κ2) is 6.40. The molecule has 5 rings (SSSR count). The summed E-state index contributed by atoms with van der Waals surface area (Å²) in [7, 11) is 0. The Morgan fingerprint density at radius 3 is 2.63 bits per heavy atom. The first-order valence-corrected chi connectivity index (χ1v) is 9.20. The molecule has 1 aliphatic rings. The fraction of sp³-hybridized carbons (Fsp3) is 0.130. The fourth-order valence-corrected chi connectivity index (χ4v) is 3.84. The van der Waals surface area contributed by atoms with Crippen LogP contribution >= 0.6 is 0 Å². The minimum atomic E-state index is -0.0244. The van der Waals surface area contributed by atoms with Gasteiger partial charge in [-0.1, -0.05) is 54.6 Å². The zero-order chi connectivity index (χ0) is 18.2. The summed E-state index contributed by atoms with van der Waals surface area (Å²) in [5, 5.41) is 2.97. The summed E-state index contributed by atoms with van der Waals surface area (Å²) in [5.74, 6) is 0.896. The van der Waals surface area contributed by atoms with Gasteiger partial charge in [0.05, 0.1) is 16.6 Å². The Balaban J connectivity index is 1.62. The van der Waals surface area contributed by atoms with Crippen molar-refractivity contribution in [2.45, 2.75) is 13.0 Å². The zero-order valence-corrected chi connectivity index (χ0v) is 14.9. The standard InChI is InChI=1S/C23H19N3O/c27-23-19-10-5-11-20-21(19)26(13-12-24-23)22(25-20)18-9-4-8-17(15-18)14-16-6-2-1-3-7-16/h1-11,15H,12-14H2,(H,24,27). The van der Waals surface area contributed by atoms with Crippen molar-refractivity contribution < 1.29 is 4.79 Å². The highest BCUT2D eigenvalue weighted by atomic mass is 16.1. The molecule has 0 atom stereocenters. The van der Waals surface area contributed by atoms with Gasteiger partial charge in [0.2, 0.25) is 0 Å². The number of benzene rings is 3. The first kappa shape index (κ1) is 15.8.